The number of carbonyl (C=O) groups excluding carboxylic acids is 1. The second kappa shape index (κ2) is 3.14. The van der Waals surface area contributed by atoms with Crippen molar-refractivity contribution in [1.29, 1.82) is 0 Å². The third kappa shape index (κ3) is 1.76. The molecule has 0 aromatic rings. The summed E-state index contributed by atoms with van der Waals surface area (Å²) in [4.78, 5) is 19.6. The molecule has 0 fully saturated rings. The van der Waals surface area contributed by atoms with Crippen molar-refractivity contribution in [1.82, 2.24) is 4.90 Å². The number of nitrogens with zero attached hydrogens (tertiary/aromatic N) is 3. The van der Waals surface area contributed by atoms with Crippen LogP contribution in [-0.2, 0) is 4.79 Å². The molecule has 1 rings (SSSR count). The molecule has 0 aromatic carbocycles. The van der Waals surface area contributed by atoms with Crippen LogP contribution in [0, 0.1) is 0 Å². The maximum absolute atomic E-state index is 10.6. The molecule has 0 radical (unpaired) electrons. The summed E-state index contributed by atoms with van der Waals surface area (Å²) < 4.78 is 0. The zero-order chi connectivity index (χ0) is 8.27. The van der Waals surface area contributed by atoms with E-state index in [0.717, 1.165) is 0 Å². The van der Waals surface area contributed by atoms with Gasteiger partial charge in [0.15, 0.2) is 5.96 Å². The van der Waals surface area contributed by atoms with E-state index in [0.29, 0.717) is 18.9 Å². The summed E-state index contributed by atoms with van der Waals surface area (Å²) in [5, 5.41) is 0. The van der Waals surface area contributed by atoms with Gasteiger partial charge in [-0.3, -0.25) is 9.79 Å². The third-order valence-electron chi connectivity index (χ3n) is 1.43. The molecule has 1 aliphatic rings. The minimum atomic E-state index is -0.106. The molecule has 11 heavy (non-hydrogen) atoms. The van der Waals surface area contributed by atoms with Crippen LogP contribution in [-0.4, -0.2) is 36.7 Å². The zero-order valence-electron chi connectivity index (χ0n) is 6.32. The van der Waals surface area contributed by atoms with Gasteiger partial charge in [-0.25, -0.2) is 4.99 Å². The minimum Gasteiger partial charge on any atom is -0.370 e. The Bertz CT molecular complexity index is 221. The Morgan fingerprint density at radius 2 is 2.64 bits per heavy atom. The summed E-state index contributed by atoms with van der Waals surface area (Å²) in [6, 6.07) is 0. The predicted molar refractivity (Wildman–Crippen MR) is 42.4 cm³/mol. The average Bonchev–Trinajstić information content (AvgIpc) is 2.05. The fourth-order valence-corrected chi connectivity index (χ4v) is 0.775. The molecule has 5 heteroatoms. The van der Waals surface area contributed by atoms with Gasteiger partial charge in [-0.15, -0.1) is 0 Å². The lowest BCUT2D eigenvalue weighted by Crippen LogP contribution is -2.39. The monoisotopic (exact) mass is 154 g/mol. The van der Waals surface area contributed by atoms with Gasteiger partial charge >= 0.3 is 0 Å². The molecule has 1 heterocycles. The molecule has 0 spiro atoms. The number of amides is 1. The lowest BCUT2D eigenvalue weighted by Gasteiger charge is -2.19. The van der Waals surface area contributed by atoms with Crippen LogP contribution in [0.25, 0.3) is 0 Å². The lowest BCUT2D eigenvalue weighted by atomic mass is 10.3. The quantitative estimate of drug-likeness (QED) is 0.366. The zero-order valence-corrected chi connectivity index (χ0v) is 6.32. The highest BCUT2D eigenvalue weighted by Crippen LogP contribution is 1.96. The first kappa shape index (κ1) is 7.71. The Balaban J connectivity index is 2.64. The number of rotatable bonds is 0. The predicted octanol–water partition coefficient (Wildman–Crippen LogP) is -0.809. The average molecular weight is 154 g/mol. The van der Waals surface area contributed by atoms with E-state index in [1.807, 2.05) is 0 Å². The van der Waals surface area contributed by atoms with Crippen LogP contribution in [0.15, 0.2) is 9.98 Å². The molecule has 0 aromatic heterocycles. The van der Waals surface area contributed by atoms with Gasteiger partial charge in [0.25, 0.3) is 0 Å². The summed E-state index contributed by atoms with van der Waals surface area (Å²) in [5.41, 5.74) is 5.47. The van der Waals surface area contributed by atoms with E-state index in [2.05, 4.69) is 9.98 Å². The van der Waals surface area contributed by atoms with Crippen molar-refractivity contribution >= 4 is 18.2 Å². The Kier molecular flexibility index (Phi) is 2.20. The van der Waals surface area contributed by atoms with E-state index in [-0.39, 0.29) is 5.91 Å². The van der Waals surface area contributed by atoms with E-state index in [4.69, 9.17) is 5.73 Å². The van der Waals surface area contributed by atoms with Gasteiger partial charge in [-0.05, 0) is 0 Å². The number of hydrogen-bond acceptors (Lipinski definition) is 2. The van der Waals surface area contributed by atoms with Crippen LogP contribution >= 0.6 is 0 Å². The van der Waals surface area contributed by atoms with Crippen molar-refractivity contribution in [2.45, 2.75) is 6.42 Å². The number of hydrogen-bond donors (Lipinski definition) is 1. The van der Waals surface area contributed by atoms with Crippen molar-refractivity contribution in [3.8, 4) is 0 Å². The molecule has 1 amide bonds. The summed E-state index contributed by atoms with van der Waals surface area (Å²) in [5.74, 6) is 0.284. The molecule has 0 saturated carbocycles. The highest BCUT2D eigenvalue weighted by molar-refractivity contribution is 5.96. The Hall–Kier alpha value is -1.39. The van der Waals surface area contributed by atoms with Gasteiger partial charge in [0, 0.05) is 20.0 Å². The summed E-state index contributed by atoms with van der Waals surface area (Å²) >= 11 is 0. The van der Waals surface area contributed by atoms with Gasteiger partial charge in [0.2, 0.25) is 5.91 Å². The standard InChI is InChI=1S/C6H10N4O/c1-8-6(7)10-3-2-5(11)9-4-10/h4H,2-3H2,1H3,(H2,7,8). The van der Waals surface area contributed by atoms with E-state index in [1.165, 1.54) is 6.34 Å². The molecule has 1 aliphatic heterocycles. The van der Waals surface area contributed by atoms with Gasteiger partial charge in [0.05, 0.1) is 0 Å². The molecule has 60 valence electrons. The van der Waals surface area contributed by atoms with Crippen molar-refractivity contribution in [3.05, 3.63) is 0 Å². The first-order valence-electron chi connectivity index (χ1n) is 3.30. The third-order valence-corrected chi connectivity index (χ3v) is 1.43. The van der Waals surface area contributed by atoms with Crippen molar-refractivity contribution in [2.24, 2.45) is 15.7 Å². The molecular formula is C6H10N4O. The Labute approximate surface area is 64.6 Å². The highest BCUT2D eigenvalue weighted by Gasteiger charge is 2.12. The smallest absolute Gasteiger partial charge is 0.248 e. The van der Waals surface area contributed by atoms with Crippen LogP contribution in [0.4, 0.5) is 0 Å². The lowest BCUT2D eigenvalue weighted by molar-refractivity contribution is -0.118. The van der Waals surface area contributed by atoms with Crippen molar-refractivity contribution in [2.75, 3.05) is 13.6 Å². The van der Waals surface area contributed by atoms with Crippen LogP contribution < -0.4 is 5.73 Å². The molecule has 0 unspecified atom stereocenters. The van der Waals surface area contributed by atoms with Gasteiger partial charge < -0.3 is 10.6 Å². The number of nitrogens with two attached hydrogens (primary N) is 1. The van der Waals surface area contributed by atoms with E-state index in [1.54, 1.807) is 11.9 Å². The Morgan fingerprint density at radius 1 is 1.91 bits per heavy atom. The highest BCUT2D eigenvalue weighted by atomic mass is 16.1. The first-order chi connectivity index (χ1) is 5.24. The van der Waals surface area contributed by atoms with Crippen LogP contribution in [0.2, 0.25) is 0 Å². The SMILES string of the molecule is CN=C(N)N1C=NC(=O)CC1. The maximum Gasteiger partial charge on any atom is 0.248 e. The second-order valence-corrected chi connectivity index (χ2v) is 2.16. The summed E-state index contributed by atoms with van der Waals surface area (Å²) in [7, 11) is 1.60. The second-order valence-electron chi connectivity index (χ2n) is 2.16. The number of carbonyl (C=O) groups is 1. The summed E-state index contributed by atoms with van der Waals surface area (Å²) in [6.07, 6.45) is 1.82. The fraction of sp³-hybridized carbons (Fsp3) is 0.500. The maximum atomic E-state index is 10.6. The fourth-order valence-electron chi connectivity index (χ4n) is 0.775. The minimum absolute atomic E-state index is 0.106. The molecular weight excluding hydrogens is 144 g/mol. The van der Waals surface area contributed by atoms with Gasteiger partial charge in [-0.2, -0.15) is 0 Å². The normalized spacial score (nSPS) is 19.2. The molecule has 0 aliphatic carbocycles. The van der Waals surface area contributed by atoms with Crippen molar-refractivity contribution in [3.63, 3.8) is 0 Å². The van der Waals surface area contributed by atoms with Crippen LogP contribution in [0.3, 0.4) is 0 Å². The molecule has 0 bridgehead atoms. The van der Waals surface area contributed by atoms with Crippen molar-refractivity contribution < 1.29 is 4.79 Å². The first-order valence-corrected chi connectivity index (χ1v) is 3.30. The van der Waals surface area contributed by atoms with Gasteiger partial charge in [0.1, 0.15) is 6.34 Å². The molecule has 5 nitrogen and oxygen atoms in total. The van der Waals surface area contributed by atoms with Crippen LogP contribution in [0.1, 0.15) is 6.42 Å². The van der Waals surface area contributed by atoms with E-state index < -0.39 is 0 Å². The largest absolute Gasteiger partial charge is 0.370 e. The van der Waals surface area contributed by atoms with E-state index >= 15 is 0 Å². The van der Waals surface area contributed by atoms with E-state index in [9.17, 15) is 4.79 Å². The molecule has 0 atom stereocenters. The molecule has 0 saturated heterocycles. The topological polar surface area (TPSA) is 71.0 Å². The summed E-state index contributed by atoms with van der Waals surface area (Å²) in [6.45, 7) is 0.575. The Morgan fingerprint density at radius 3 is 3.09 bits per heavy atom. The number of guanidine groups is 1. The van der Waals surface area contributed by atoms with Crippen LogP contribution in [0.5, 0.6) is 0 Å². The number of aliphatic imine (C=N–C) groups is 2. The van der Waals surface area contributed by atoms with Gasteiger partial charge in [-0.1, -0.05) is 0 Å². The molecule has 2 N–H and O–H groups in total.